The highest BCUT2D eigenvalue weighted by Crippen LogP contribution is 2.37. The highest BCUT2D eigenvalue weighted by Gasteiger charge is 2.21. The Labute approximate surface area is 250 Å². The Kier molecular flexibility index (Phi) is 8.59. The molecule has 41 heavy (non-hydrogen) atoms. The lowest BCUT2D eigenvalue weighted by Gasteiger charge is -2.11. The van der Waals surface area contributed by atoms with Crippen molar-refractivity contribution in [2.45, 2.75) is 6.92 Å². The van der Waals surface area contributed by atoms with Crippen LogP contribution in [0.4, 0.5) is 0 Å². The number of benzene rings is 4. The molecule has 0 unspecified atom stereocenters. The van der Waals surface area contributed by atoms with E-state index in [0.717, 1.165) is 10.9 Å². The van der Waals surface area contributed by atoms with Crippen LogP contribution < -0.4 is 14.9 Å². The summed E-state index contributed by atoms with van der Waals surface area (Å²) in [6.45, 7) is 2.16. The molecule has 0 bridgehead atoms. The molecule has 206 valence electrons. The largest absolute Gasteiger partial charge is 0.490 e. The van der Waals surface area contributed by atoms with Crippen LogP contribution in [0.2, 0.25) is 15.1 Å². The summed E-state index contributed by atoms with van der Waals surface area (Å²) in [6, 6.07) is 23.9. The van der Waals surface area contributed by atoms with Gasteiger partial charge >= 0.3 is 5.97 Å². The number of aromatic nitrogens is 1. The molecule has 0 aliphatic heterocycles. The van der Waals surface area contributed by atoms with Crippen molar-refractivity contribution in [1.29, 1.82) is 0 Å². The summed E-state index contributed by atoms with van der Waals surface area (Å²) in [4.78, 5) is 29.0. The van der Waals surface area contributed by atoms with E-state index in [4.69, 9.17) is 44.3 Å². The van der Waals surface area contributed by atoms with Crippen LogP contribution in [0.25, 0.3) is 22.0 Å². The molecule has 0 fully saturated rings. The van der Waals surface area contributed by atoms with Crippen LogP contribution in [-0.2, 0) is 0 Å². The van der Waals surface area contributed by atoms with Crippen molar-refractivity contribution in [3.8, 4) is 22.6 Å². The van der Waals surface area contributed by atoms with Crippen molar-refractivity contribution < 1.29 is 19.1 Å². The zero-order chi connectivity index (χ0) is 28.9. The van der Waals surface area contributed by atoms with E-state index < -0.39 is 11.9 Å². The molecule has 0 aliphatic rings. The molecule has 1 heterocycles. The molecule has 0 atom stereocenters. The first-order valence-electron chi connectivity index (χ1n) is 12.5. The summed E-state index contributed by atoms with van der Waals surface area (Å²) in [5.74, 6) is -0.431. The van der Waals surface area contributed by atoms with Gasteiger partial charge in [-0.2, -0.15) is 5.10 Å². The third-order valence-corrected chi connectivity index (χ3v) is 6.88. The van der Waals surface area contributed by atoms with Crippen LogP contribution in [0, 0.1) is 0 Å². The normalized spacial score (nSPS) is 11.1. The van der Waals surface area contributed by atoms with Crippen LogP contribution in [0.1, 0.15) is 33.3 Å². The van der Waals surface area contributed by atoms with Gasteiger partial charge in [-0.3, -0.25) is 4.79 Å². The van der Waals surface area contributed by atoms with E-state index in [2.05, 4.69) is 15.5 Å². The minimum absolute atomic E-state index is 0.245. The van der Waals surface area contributed by atoms with E-state index >= 15 is 0 Å². The monoisotopic (exact) mass is 605 g/mol. The van der Waals surface area contributed by atoms with E-state index in [1.54, 1.807) is 66.7 Å². The summed E-state index contributed by atoms with van der Waals surface area (Å²) in [5, 5.41) is 6.42. The first kappa shape index (κ1) is 28.2. The molecule has 5 aromatic rings. The number of hydrogen-bond acceptors (Lipinski definition) is 5. The van der Waals surface area contributed by atoms with Gasteiger partial charge in [0.25, 0.3) is 5.91 Å². The molecular formula is C31H22Cl3N3O4. The third-order valence-electron chi connectivity index (χ3n) is 6.06. The highest BCUT2D eigenvalue weighted by atomic mass is 35.5. The summed E-state index contributed by atoms with van der Waals surface area (Å²) >= 11 is 18.6. The second-order valence-electron chi connectivity index (χ2n) is 8.78. The summed E-state index contributed by atoms with van der Waals surface area (Å²) in [6.07, 6.45) is 1.46. The van der Waals surface area contributed by atoms with Gasteiger partial charge in [0.15, 0.2) is 11.5 Å². The number of hydrogen-bond donors (Lipinski definition) is 2. The van der Waals surface area contributed by atoms with Crippen molar-refractivity contribution in [2.24, 2.45) is 5.10 Å². The van der Waals surface area contributed by atoms with Crippen molar-refractivity contribution in [1.82, 2.24) is 10.4 Å². The van der Waals surface area contributed by atoms with Crippen molar-refractivity contribution >= 4 is 63.8 Å². The number of H-pyrrole nitrogens is 1. The van der Waals surface area contributed by atoms with Crippen LogP contribution in [0.3, 0.4) is 0 Å². The lowest BCUT2D eigenvalue weighted by atomic mass is 10.0. The van der Waals surface area contributed by atoms with Crippen LogP contribution >= 0.6 is 34.8 Å². The SMILES string of the molecule is CCOc1cc(C=NNC(=O)c2[nH]c3ccc(Cl)cc3c2-c2ccccc2Cl)ccc1OC(=O)c1ccc(Cl)cc1. The lowest BCUT2D eigenvalue weighted by molar-refractivity contribution is 0.0728. The Morgan fingerprint density at radius 3 is 2.41 bits per heavy atom. The molecule has 10 heteroatoms. The first-order chi connectivity index (χ1) is 19.8. The van der Waals surface area contributed by atoms with Crippen LogP contribution in [-0.4, -0.2) is 29.7 Å². The Morgan fingerprint density at radius 2 is 1.66 bits per heavy atom. The van der Waals surface area contributed by atoms with Crippen molar-refractivity contribution in [3.63, 3.8) is 0 Å². The number of nitrogens with one attached hydrogen (secondary N) is 2. The third kappa shape index (κ3) is 6.38. The Hall–Kier alpha value is -4.30. The van der Waals surface area contributed by atoms with Gasteiger partial charge < -0.3 is 14.5 Å². The average molecular weight is 607 g/mol. The minimum Gasteiger partial charge on any atom is -0.490 e. The number of aromatic amines is 1. The molecule has 0 radical (unpaired) electrons. The number of halogens is 3. The number of carbonyl (C=O) groups excluding carboxylic acids is 2. The fourth-order valence-corrected chi connectivity index (χ4v) is 4.73. The predicted octanol–water partition coefficient (Wildman–Crippen LogP) is 8.18. The number of hydrazone groups is 1. The molecule has 0 saturated carbocycles. The number of ether oxygens (including phenoxy) is 2. The summed E-state index contributed by atoms with van der Waals surface area (Å²) in [5.41, 5.74) is 5.83. The van der Waals surface area contributed by atoms with Gasteiger partial charge in [0.05, 0.1) is 18.4 Å². The van der Waals surface area contributed by atoms with Crippen LogP contribution in [0.5, 0.6) is 11.5 Å². The number of amides is 1. The predicted molar refractivity (Wildman–Crippen MR) is 163 cm³/mol. The van der Waals surface area contributed by atoms with Gasteiger partial charge in [-0.25, -0.2) is 10.2 Å². The quantitative estimate of drug-likeness (QED) is 0.0806. The summed E-state index contributed by atoms with van der Waals surface area (Å²) in [7, 11) is 0. The number of fused-ring (bicyclic) bond motifs is 1. The van der Waals surface area contributed by atoms with Crippen LogP contribution in [0.15, 0.2) is 90.0 Å². The molecule has 1 aromatic heterocycles. The molecule has 5 rings (SSSR count). The van der Waals surface area contributed by atoms with E-state index in [0.29, 0.717) is 49.7 Å². The fraction of sp³-hybridized carbons (Fsp3) is 0.0645. The average Bonchev–Trinajstić information content (AvgIpc) is 3.33. The molecule has 4 aromatic carbocycles. The Balaban J connectivity index is 1.37. The van der Waals surface area contributed by atoms with Crippen molar-refractivity contribution in [3.05, 3.63) is 117 Å². The molecule has 0 spiro atoms. The number of esters is 1. The molecule has 0 saturated heterocycles. The van der Waals surface area contributed by atoms with E-state index in [1.165, 1.54) is 6.21 Å². The first-order valence-corrected chi connectivity index (χ1v) is 13.6. The lowest BCUT2D eigenvalue weighted by Crippen LogP contribution is -2.19. The minimum atomic E-state index is -0.551. The van der Waals surface area contributed by atoms with Gasteiger partial charge in [0.1, 0.15) is 5.69 Å². The second-order valence-corrected chi connectivity index (χ2v) is 10.1. The Bertz CT molecular complexity index is 1780. The number of rotatable bonds is 8. The number of nitrogens with zero attached hydrogens (tertiary/aromatic N) is 1. The zero-order valence-electron chi connectivity index (χ0n) is 21.6. The fourth-order valence-electron chi connectivity index (χ4n) is 4.20. The maximum absolute atomic E-state index is 13.3. The van der Waals surface area contributed by atoms with E-state index in [9.17, 15) is 9.59 Å². The topological polar surface area (TPSA) is 92.8 Å². The molecular weight excluding hydrogens is 585 g/mol. The standard InChI is InChI=1S/C31H22Cl3N3O4/c1-2-40-27-15-18(7-14-26(27)41-31(39)19-8-10-20(32)11-9-19)17-35-37-30(38)29-28(22-5-3-4-6-24(22)34)23-16-21(33)12-13-25(23)36-29/h3-17,36H,2H2,1H3,(H,37,38). The molecule has 1 amide bonds. The van der Waals surface area contributed by atoms with Gasteiger partial charge in [-0.15, -0.1) is 0 Å². The van der Waals surface area contributed by atoms with E-state index in [-0.39, 0.29) is 11.4 Å². The van der Waals surface area contributed by atoms with Gasteiger partial charge in [-0.1, -0.05) is 53.0 Å². The smallest absolute Gasteiger partial charge is 0.343 e. The van der Waals surface area contributed by atoms with Gasteiger partial charge in [0.2, 0.25) is 0 Å². The second kappa shape index (κ2) is 12.5. The maximum atomic E-state index is 13.3. The Morgan fingerprint density at radius 1 is 0.902 bits per heavy atom. The highest BCUT2D eigenvalue weighted by molar-refractivity contribution is 6.34. The number of carbonyl (C=O) groups is 2. The molecule has 0 aliphatic carbocycles. The molecule has 7 nitrogen and oxygen atoms in total. The van der Waals surface area contributed by atoms with Gasteiger partial charge in [0, 0.05) is 37.1 Å². The molecule has 2 N–H and O–H groups in total. The summed E-state index contributed by atoms with van der Waals surface area (Å²) < 4.78 is 11.2. The zero-order valence-corrected chi connectivity index (χ0v) is 23.8. The van der Waals surface area contributed by atoms with Crippen molar-refractivity contribution in [2.75, 3.05) is 6.61 Å². The van der Waals surface area contributed by atoms with E-state index in [1.807, 2.05) is 25.1 Å². The maximum Gasteiger partial charge on any atom is 0.343 e. The van der Waals surface area contributed by atoms with Gasteiger partial charge in [-0.05, 0) is 79.2 Å².